The molecule has 1 heterocycles. The summed E-state index contributed by atoms with van der Waals surface area (Å²) in [6.45, 7) is 8.48. The zero-order valence-corrected chi connectivity index (χ0v) is 18.4. The molecule has 1 aliphatic rings. The SMILES string of the molecule is COc1ccc(C2CN(C(=O)CO)CC2(C)[C@H](C)O)cc1OCCC(C)(C)OC. The van der Waals surface area contributed by atoms with Crippen LogP contribution in [0, 0.1) is 5.41 Å². The molecule has 0 saturated carbocycles. The summed E-state index contributed by atoms with van der Waals surface area (Å²) in [4.78, 5) is 13.7. The summed E-state index contributed by atoms with van der Waals surface area (Å²) in [5.74, 6) is 0.827. The van der Waals surface area contributed by atoms with E-state index in [4.69, 9.17) is 14.2 Å². The van der Waals surface area contributed by atoms with Gasteiger partial charge < -0.3 is 29.3 Å². The predicted molar refractivity (Wildman–Crippen MR) is 110 cm³/mol. The van der Waals surface area contributed by atoms with Crippen molar-refractivity contribution in [3.63, 3.8) is 0 Å². The lowest BCUT2D eigenvalue weighted by Crippen LogP contribution is -2.38. The number of benzene rings is 1. The fourth-order valence-electron chi connectivity index (χ4n) is 3.75. The molecule has 1 aromatic rings. The van der Waals surface area contributed by atoms with E-state index >= 15 is 0 Å². The first-order chi connectivity index (χ1) is 13.6. The van der Waals surface area contributed by atoms with E-state index in [1.165, 1.54) is 0 Å². The zero-order valence-electron chi connectivity index (χ0n) is 18.4. The number of hydrogen-bond acceptors (Lipinski definition) is 6. The molecule has 0 aromatic heterocycles. The average molecular weight is 410 g/mol. The number of carbonyl (C=O) groups excluding carboxylic acids is 1. The van der Waals surface area contributed by atoms with Crippen LogP contribution in [-0.4, -0.2) is 73.2 Å². The van der Waals surface area contributed by atoms with Crippen LogP contribution < -0.4 is 9.47 Å². The Morgan fingerprint density at radius 1 is 1.34 bits per heavy atom. The number of likely N-dealkylation sites (tertiary alicyclic amines) is 1. The van der Waals surface area contributed by atoms with Gasteiger partial charge in [-0.2, -0.15) is 0 Å². The van der Waals surface area contributed by atoms with Crippen molar-refractivity contribution < 1.29 is 29.2 Å². The molecule has 2 N–H and O–H groups in total. The molecule has 1 aliphatic heterocycles. The summed E-state index contributed by atoms with van der Waals surface area (Å²) < 4.78 is 16.9. The summed E-state index contributed by atoms with van der Waals surface area (Å²) in [7, 11) is 3.27. The minimum atomic E-state index is -0.627. The summed E-state index contributed by atoms with van der Waals surface area (Å²) in [5, 5.41) is 19.7. The van der Waals surface area contributed by atoms with E-state index in [9.17, 15) is 15.0 Å². The van der Waals surface area contributed by atoms with E-state index in [1.54, 1.807) is 26.0 Å². The number of methoxy groups -OCH3 is 2. The minimum Gasteiger partial charge on any atom is -0.493 e. The zero-order chi connectivity index (χ0) is 21.8. The molecule has 1 aromatic carbocycles. The Morgan fingerprint density at radius 2 is 2.03 bits per heavy atom. The second kappa shape index (κ2) is 9.32. The summed E-state index contributed by atoms with van der Waals surface area (Å²) in [6.07, 6.45) is 0.0859. The van der Waals surface area contributed by atoms with Crippen LogP contribution in [0.15, 0.2) is 18.2 Å². The molecule has 0 spiro atoms. The van der Waals surface area contributed by atoms with Crippen LogP contribution in [0.5, 0.6) is 11.5 Å². The first-order valence-corrected chi connectivity index (χ1v) is 10.0. The van der Waals surface area contributed by atoms with E-state index in [0.29, 0.717) is 37.6 Å². The number of ether oxygens (including phenoxy) is 3. The van der Waals surface area contributed by atoms with E-state index in [2.05, 4.69) is 0 Å². The van der Waals surface area contributed by atoms with Gasteiger partial charge in [0.2, 0.25) is 5.91 Å². The highest BCUT2D eigenvalue weighted by Crippen LogP contribution is 2.46. The van der Waals surface area contributed by atoms with Gasteiger partial charge in [0, 0.05) is 38.0 Å². The smallest absolute Gasteiger partial charge is 0.248 e. The first kappa shape index (κ1) is 23.4. The Morgan fingerprint density at radius 3 is 2.59 bits per heavy atom. The minimum absolute atomic E-state index is 0.0957. The third-order valence-electron chi connectivity index (χ3n) is 6.28. The Labute approximate surface area is 173 Å². The van der Waals surface area contributed by atoms with Crippen molar-refractivity contribution in [1.82, 2.24) is 4.90 Å². The number of rotatable bonds is 9. The molecule has 29 heavy (non-hydrogen) atoms. The number of aliphatic hydroxyl groups is 2. The van der Waals surface area contributed by atoms with Gasteiger partial charge >= 0.3 is 0 Å². The van der Waals surface area contributed by atoms with Crippen molar-refractivity contribution in [2.75, 3.05) is 40.5 Å². The highest BCUT2D eigenvalue weighted by Gasteiger charge is 2.48. The number of hydrogen-bond donors (Lipinski definition) is 2. The standard InChI is InChI=1S/C22H35NO6/c1-15(25)22(4)14-23(20(26)13-24)12-17(22)16-7-8-18(27-5)19(11-16)29-10-9-21(2,3)28-6/h7-8,11,15,17,24-25H,9-10,12-14H2,1-6H3/t15-,17?,22?/m0/s1. The lowest BCUT2D eigenvalue weighted by Gasteiger charge is -2.34. The maximum Gasteiger partial charge on any atom is 0.248 e. The van der Waals surface area contributed by atoms with Crippen molar-refractivity contribution >= 4 is 5.91 Å². The van der Waals surface area contributed by atoms with Crippen LogP contribution in [0.25, 0.3) is 0 Å². The van der Waals surface area contributed by atoms with Crippen molar-refractivity contribution in [2.45, 2.75) is 51.7 Å². The van der Waals surface area contributed by atoms with Gasteiger partial charge in [-0.1, -0.05) is 13.0 Å². The molecule has 1 saturated heterocycles. The number of carbonyl (C=O) groups is 1. The second-order valence-electron chi connectivity index (χ2n) is 8.64. The lowest BCUT2D eigenvalue weighted by molar-refractivity contribution is -0.133. The van der Waals surface area contributed by atoms with Crippen LogP contribution in [0.4, 0.5) is 0 Å². The van der Waals surface area contributed by atoms with Gasteiger partial charge in [0.1, 0.15) is 6.61 Å². The highest BCUT2D eigenvalue weighted by molar-refractivity contribution is 5.77. The number of amides is 1. The van der Waals surface area contributed by atoms with Gasteiger partial charge in [0.25, 0.3) is 0 Å². The monoisotopic (exact) mass is 409 g/mol. The van der Waals surface area contributed by atoms with Gasteiger partial charge in [-0.3, -0.25) is 4.79 Å². The third-order valence-corrected chi connectivity index (χ3v) is 6.28. The fourth-order valence-corrected chi connectivity index (χ4v) is 3.75. The van der Waals surface area contributed by atoms with Gasteiger partial charge in [-0.05, 0) is 38.5 Å². The van der Waals surface area contributed by atoms with Crippen LogP contribution in [-0.2, 0) is 9.53 Å². The molecule has 2 unspecified atom stereocenters. The molecule has 7 heteroatoms. The number of aliphatic hydroxyl groups excluding tert-OH is 2. The molecule has 0 aliphatic carbocycles. The summed E-state index contributed by atoms with van der Waals surface area (Å²) in [6, 6.07) is 5.73. The predicted octanol–water partition coefficient (Wildman–Crippen LogP) is 2.19. The van der Waals surface area contributed by atoms with Crippen molar-refractivity contribution in [1.29, 1.82) is 0 Å². The van der Waals surface area contributed by atoms with Crippen molar-refractivity contribution in [2.24, 2.45) is 5.41 Å². The molecule has 0 radical (unpaired) electrons. The maximum absolute atomic E-state index is 12.1. The Kier molecular flexibility index (Phi) is 7.54. The Bertz CT molecular complexity index is 705. The quantitative estimate of drug-likeness (QED) is 0.650. The van der Waals surface area contributed by atoms with Crippen LogP contribution in [0.1, 0.15) is 45.6 Å². The molecule has 0 bridgehead atoms. The largest absolute Gasteiger partial charge is 0.493 e. The molecular formula is C22H35NO6. The molecule has 1 fully saturated rings. The van der Waals surface area contributed by atoms with E-state index < -0.39 is 18.1 Å². The average Bonchev–Trinajstić information content (AvgIpc) is 3.06. The summed E-state index contributed by atoms with van der Waals surface area (Å²) in [5.41, 5.74) is 0.143. The highest BCUT2D eigenvalue weighted by atomic mass is 16.5. The van der Waals surface area contributed by atoms with E-state index in [-0.39, 0.29) is 17.4 Å². The Balaban J connectivity index is 2.29. The number of nitrogens with zero attached hydrogens (tertiary/aromatic N) is 1. The molecule has 1 amide bonds. The van der Waals surface area contributed by atoms with Crippen molar-refractivity contribution in [3.8, 4) is 11.5 Å². The lowest BCUT2D eigenvalue weighted by atomic mass is 9.72. The topological polar surface area (TPSA) is 88.5 Å². The molecule has 3 atom stereocenters. The molecule has 164 valence electrons. The molecule has 7 nitrogen and oxygen atoms in total. The summed E-state index contributed by atoms with van der Waals surface area (Å²) >= 11 is 0. The van der Waals surface area contributed by atoms with Gasteiger partial charge in [-0.15, -0.1) is 0 Å². The molecule has 2 rings (SSSR count). The Hall–Kier alpha value is -1.83. The van der Waals surface area contributed by atoms with Crippen LogP contribution >= 0.6 is 0 Å². The van der Waals surface area contributed by atoms with E-state index in [0.717, 1.165) is 5.56 Å². The van der Waals surface area contributed by atoms with Crippen LogP contribution in [0.2, 0.25) is 0 Å². The van der Waals surface area contributed by atoms with Gasteiger partial charge in [0.05, 0.1) is 25.4 Å². The van der Waals surface area contributed by atoms with E-state index in [1.807, 2.05) is 39.0 Å². The normalized spacial score (nSPS) is 23.2. The first-order valence-electron chi connectivity index (χ1n) is 10.0. The van der Waals surface area contributed by atoms with Crippen LogP contribution in [0.3, 0.4) is 0 Å². The van der Waals surface area contributed by atoms with Gasteiger partial charge in [0.15, 0.2) is 11.5 Å². The fraction of sp³-hybridized carbons (Fsp3) is 0.682. The van der Waals surface area contributed by atoms with Gasteiger partial charge in [-0.25, -0.2) is 0 Å². The second-order valence-corrected chi connectivity index (χ2v) is 8.64. The maximum atomic E-state index is 12.1. The third kappa shape index (κ3) is 5.21. The molecular weight excluding hydrogens is 374 g/mol. The van der Waals surface area contributed by atoms with Crippen molar-refractivity contribution in [3.05, 3.63) is 23.8 Å².